The van der Waals surface area contributed by atoms with Crippen molar-refractivity contribution in [2.75, 3.05) is 13.2 Å². The first-order valence-electron chi connectivity index (χ1n) is 11.6. The lowest BCUT2D eigenvalue weighted by Gasteiger charge is -2.27. The summed E-state index contributed by atoms with van der Waals surface area (Å²) in [5.74, 6) is -0.590. The van der Waals surface area contributed by atoms with Gasteiger partial charge in [-0.25, -0.2) is 0 Å². The molecule has 1 saturated heterocycles. The number of fused-ring (bicyclic) bond motifs is 8. The second kappa shape index (κ2) is 6.53. The predicted octanol–water partition coefficient (Wildman–Crippen LogP) is 2.53. The molecule has 4 heterocycles. The molecule has 0 radical (unpaired) electrons. The molecule has 1 fully saturated rings. The van der Waals surface area contributed by atoms with Crippen LogP contribution < -0.4 is 10.6 Å². The monoisotopic (exact) mass is 443 g/mol. The van der Waals surface area contributed by atoms with Crippen molar-refractivity contribution < 1.29 is 19.1 Å². The molecule has 7 rings (SSSR count). The molecule has 2 N–H and O–H groups in total. The lowest BCUT2D eigenvalue weighted by Crippen LogP contribution is -2.37. The number of carbonyl (C=O) groups is 2. The van der Waals surface area contributed by atoms with Gasteiger partial charge in [-0.2, -0.15) is 0 Å². The summed E-state index contributed by atoms with van der Waals surface area (Å²) >= 11 is 0. The average molecular weight is 444 g/mol. The Bertz CT molecular complexity index is 1360. The Labute approximate surface area is 191 Å². The summed E-state index contributed by atoms with van der Waals surface area (Å²) in [5, 5.41) is 7.77. The molecule has 0 spiro atoms. The van der Waals surface area contributed by atoms with Crippen LogP contribution in [0.5, 0.6) is 0 Å². The lowest BCUT2D eigenvalue weighted by molar-refractivity contribution is -0.139. The number of hydrogen-bond acceptors (Lipinski definition) is 5. The van der Waals surface area contributed by atoms with Crippen LogP contribution in [-0.2, 0) is 25.6 Å². The van der Waals surface area contributed by atoms with Crippen molar-refractivity contribution in [1.29, 1.82) is 0 Å². The van der Waals surface area contributed by atoms with Crippen LogP contribution in [0.1, 0.15) is 37.6 Å². The summed E-state index contributed by atoms with van der Waals surface area (Å²) < 4.78 is 14.3. The van der Waals surface area contributed by atoms with Crippen molar-refractivity contribution >= 4 is 28.2 Å². The Morgan fingerprint density at radius 2 is 2.03 bits per heavy atom. The van der Waals surface area contributed by atoms with Crippen LogP contribution in [0.15, 0.2) is 53.1 Å². The fourth-order valence-corrected chi connectivity index (χ4v) is 6.27. The summed E-state index contributed by atoms with van der Waals surface area (Å²) in [5.41, 5.74) is 7.14. The normalized spacial score (nSPS) is 29.5. The minimum absolute atomic E-state index is 0.0429. The number of para-hydroxylation sites is 1. The molecule has 1 amide bonds. The van der Waals surface area contributed by atoms with E-state index in [1.165, 1.54) is 0 Å². The van der Waals surface area contributed by atoms with Gasteiger partial charge in [-0.1, -0.05) is 24.3 Å². The smallest absolute Gasteiger partial charge is 0.252 e. The number of nitrogens with zero attached hydrogens (tertiary/aromatic N) is 1. The molecule has 1 aromatic heterocycles. The molecule has 2 aliphatic carbocycles. The van der Waals surface area contributed by atoms with E-state index in [1.54, 1.807) is 6.08 Å². The molecule has 3 unspecified atom stereocenters. The van der Waals surface area contributed by atoms with Gasteiger partial charge in [-0.3, -0.25) is 14.9 Å². The number of ketones is 1. The minimum Gasteiger partial charge on any atom is -0.348 e. The van der Waals surface area contributed by atoms with Crippen molar-refractivity contribution in [3.8, 4) is 0 Å². The predicted molar refractivity (Wildman–Crippen MR) is 122 cm³/mol. The number of carbonyl (C=O) groups excluding carboxylic acids is 2. The van der Waals surface area contributed by atoms with Gasteiger partial charge < -0.3 is 19.4 Å². The van der Waals surface area contributed by atoms with Crippen LogP contribution in [0.2, 0.25) is 0 Å². The molecule has 7 heteroatoms. The first-order chi connectivity index (χ1) is 15.9. The third-order valence-electron chi connectivity index (χ3n) is 7.48. The molecule has 3 aliphatic heterocycles. The number of ether oxygens (including phenoxy) is 2. The van der Waals surface area contributed by atoms with Gasteiger partial charge in [0.1, 0.15) is 6.10 Å². The van der Waals surface area contributed by atoms with E-state index in [0.29, 0.717) is 26.1 Å². The fourth-order valence-electron chi connectivity index (χ4n) is 6.27. The van der Waals surface area contributed by atoms with Gasteiger partial charge in [0.15, 0.2) is 11.6 Å². The largest absolute Gasteiger partial charge is 0.348 e. The summed E-state index contributed by atoms with van der Waals surface area (Å²) in [6, 6.07) is 7.75. The van der Waals surface area contributed by atoms with E-state index >= 15 is 0 Å². The Morgan fingerprint density at radius 3 is 2.85 bits per heavy atom. The Balaban J connectivity index is 1.48. The number of nitrogens with one attached hydrogen (secondary N) is 2. The standard InChI is InChI=1S/C26H25N3O4/c1-26(2)32-12-13(33-26)11-29-17-8-4-3-6-14(17)19-16-10-27-25(31)21(16)20-15-7-5-9-18(30)22(15)28-23(20)24(19)29/h3-6,8-9,13,22-23,28H,7,10-12H2,1-2H3,(H,27,31). The second-order valence-electron chi connectivity index (χ2n) is 9.86. The minimum atomic E-state index is -0.600. The van der Waals surface area contributed by atoms with E-state index in [1.807, 2.05) is 32.1 Å². The first kappa shape index (κ1) is 19.5. The molecular formula is C26H25N3O4. The van der Waals surface area contributed by atoms with E-state index in [-0.39, 0.29) is 29.9 Å². The van der Waals surface area contributed by atoms with Gasteiger partial charge in [-0.05, 0) is 49.1 Å². The molecule has 33 heavy (non-hydrogen) atoms. The molecule has 5 aliphatic rings. The molecule has 1 aromatic carbocycles. The molecule has 168 valence electrons. The quantitative estimate of drug-likeness (QED) is 0.746. The molecule has 0 saturated carbocycles. The molecular weight excluding hydrogens is 418 g/mol. The molecule has 3 atom stereocenters. The maximum Gasteiger partial charge on any atom is 0.252 e. The second-order valence-corrected chi connectivity index (χ2v) is 9.86. The highest BCUT2D eigenvalue weighted by Crippen LogP contribution is 2.52. The zero-order valence-corrected chi connectivity index (χ0v) is 18.6. The van der Waals surface area contributed by atoms with Gasteiger partial charge in [0.05, 0.1) is 30.8 Å². The van der Waals surface area contributed by atoms with E-state index in [0.717, 1.165) is 44.5 Å². The zero-order chi connectivity index (χ0) is 22.5. The number of aromatic nitrogens is 1. The third-order valence-corrected chi connectivity index (χ3v) is 7.48. The van der Waals surface area contributed by atoms with Crippen LogP contribution in [0, 0.1) is 0 Å². The zero-order valence-electron chi connectivity index (χ0n) is 18.6. The molecule has 2 aromatic rings. The van der Waals surface area contributed by atoms with Gasteiger partial charge >= 0.3 is 0 Å². The van der Waals surface area contributed by atoms with Crippen LogP contribution in [0.25, 0.3) is 16.5 Å². The highest BCUT2D eigenvalue weighted by molar-refractivity contribution is 6.16. The van der Waals surface area contributed by atoms with Gasteiger partial charge in [-0.15, -0.1) is 0 Å². The van der Waals surface area contributed by atoms with Crippen LogP contribution in [-0.4, -0.2) is 47.3 Å². The summed E-state index contributed by atoms with van der Waals surface area (Å²) in [6.45, 7) is 5.55. The third kappa shape index (κ3) is 2.61. The van der Waals surface area contributed by atoms with Crippen molar-refractivity contribution in [3.05, 3.63) is 64.4 Å². The van der Waals surface area contributed by atoms with E-state index in [2.05, 4.69) is 27.3 Å². The van der Waals surface area contributed by atoms with Gasteiger partial charge in [0.2, 0.25) is 0 Å². The van der Waals surface area contributed by atoms with Crippen molar-refractivity contribution in [3.63, 3.8) is 0 Å². The maximum atomic E-state index is 13.0. The maximum absolute atomic E-state index is 13.0. The van der Waals surface area contributed by atoms with Crippen LogP contribution >= 0.6 is 0 Å². The lowest BCUT2D eigenvalue weighted by atomic mass is 9.80. The highest BCUT2D eigenvalue weighted by Gasteiger charge is 2.48. The van der Waals surface area contributed by atoms with E-state index in [4.69, 9.17) is 9.47 Å². The Hall–Kier alpha value is -3.00. The summed E-state index contributed by atoms with van der Waals surface area (Å²) in [7, 11) is 0. The number of benzene rings is 1. The fraction of sp³-hybridized carbons (Fsp3) is 0.385. The summed E-state index contributed by atoms with van der Waals surface area (Å²) in [4.78, 5) is 25.8. The van der Waals surface area contributed by atoms with Gasteiger partial charge in [0.25, 0.3) is 5.91 Å². The van der Waals surface area contributed by atoms with Crippen molar-refractivity contribution in [2.24, 2.45) is 0 Å². The highest BCUT2D eigenvalue weighted by atomic mass is 16.7. The van der Waals surface area contributed by atoms with Crippen LogP contribution in [0.4, 0.5) is 0 Å². The Morgan fingerprint density at radius 1 is 1.18 bits per heavy atom. The SMILES string of the molecule is CC1(C)OCC(Cn2c3c(c4ccccc42)C2=C(C(=O)NC2)C2=C4CC=CC(=O)C4NC23)O1. The van der Waals surface area contributed by atoms with E-state index in [9.17, 15) is 9.59 Å². The van der Waals surface area contributed by atoms with E-state index < -0.39 is 5.79 Å². The number of amides is 1. The number of rotatable bonds is 2. The number of allylic oxidation sites excluding steroid dienone is 1. The molecule has 0 bridgehead atoms. The van der Waals surface area contributed by atoms with Crippen LogP contribution in [0.3, 0.4) is 0 Å². The number of hydrogen-bond donors (Lipinski definition) is 2. The van der Waals surface area contributed by atoms with Crippen molar-refractivity contribution in [1.82, 2.24) is 15.2 Å². The first-order valence-corrected chi connectivity index (χ1v) is 11.6. The van der Waals surface area contributed by atoms with Crippen molar-refractivity contribution in [2.45, 2.75) is 50.8 Å². The van der Waals surface area contributed by atoms with Gasteiger partial charge in [0, 0.05) is 28.7 Å². The molecule has 7 nitrogen and oxygen atoms in total. The summed E-state index contributed by atoms with van der Waals surface area (Å²) in [6.07, 6.45) is 4.17. The average Bonchev–Trinajstić information content (AvgIpc) is 3.52. The Kier molecular flexibility index (Phi) is 3.85. The topological polar surface area (TPSA) is 81.6 Å².